The Kier molecular flexibility index (Phi) is 4.76. The number of hydrogen-bond donors (Lipinski definition) is 2. The first kappa shape index (κ1) is 15.7. The first-order valence-corrected chi connectivity index (χ1v) is 6.23. The Bertz CT molecular complexity index is 512. The van der Waals surface area contributed by atoms with E-state index in [1.807, 2.05) is 0 Å². The summed E-state index contributed by atoms with van der Waals surface area (Å²) in [5.74, 6) is -1.66. The maximum atomic E-state index is 12.0. The molecule has 0 saturated heterocycles. The van der Waals surface area contributed by atoms with Crippen molar-refractivity contribution in [2.45, 2.75) is 26.8 Å². The molecule has 1 aromatic rings. The quantitative estimate of drug-likeness (QED) is 0.841. The van der Waals surface area contributed by atoms with Crippen LogP contribution in [0.2, 0.25) is 10.2 Å². The molecule has 1 aromatic heterocycles. The number of nitrogens with zero attached hydrogens (tertiary/aromatic N) is 1. The Labute approximate surface area is 120 Å². The van der Waals surface area contributed by atoms with Crippen molar-refractivity contribution in [1.82, 2.24) is 10.3 Å². The molecule has 7 heteroatoms. The molecule has 2 N–H and O–H groups in total. The third-order valence-corrected chi connectivity index (χ3v) is 3.13. The summed E-state index contributed by atoms with van der Waals surface area (Å²) in [6.07, 6.45) is 1.24. The lowest BCUT2D eigenvalue weighted by molar-refractivity contribution is -0.142. The van der Waals surface area contributed by atoms with Crippen molar-refractivity contribution in [3.05, 3.63) is 28.0 Å². The lowest BCUT2D eigenvalue weighted by Crippen LogP contribution is -2.49. The Morgan fingerprint density at radius 3 is 2.37 bits per heavy atom. The molecule has 0 unspecified atom stereocenters. The largest absolute Gasteiger partial charge is 0.480 e. The van der Waals surface area contributed by atoms with Gasteiger partial charge in [0.05, 0.1) is 10.6 Å². The Hall–Kier alpha value is -1.33. The van der Waals surface area contributed by atoms with Gasteiger partial charge < -0.3 is 10.4 Å². The van der Waals surface area contributed by atoms with E-state index in [4.69, 9.17) is 28.3 Å². The molecule has 1 atom stereocenters. The summed E-state index contributed by atoms with van der Waals surface area (Å²) in [6, 6.07) is 0.322. The second-order valence-electron chi connectivity index (χ2n) is 5.11. The summed E-state index contributed by atoms with van der Waals surface area (Å²) in [4.78, 5) is 26.8. The van der Waals surface area contributed by atoms with E-state index in [2.05, 4.69) is 10.3 Å². The summed E-state index contributed by atoms with van der Waals surface area (Å²) in [6.45, 7) is 5.16. The third-order valence-electron chi connectivity index (χ3n) is 2.45. The van der Waals surface area contributed by atoms with Gasteiger partial charge in [-0.2, -0.15) is 0 Å². The average molecular weight is 305 g/mol. The minimum absolute atomic E-state index is 0.0869. The number of halogens is 2. The molecule has 0 saturated carbocycles. The second-order valence-corrected chi connectivity index (χ2v) is 5.87. The van der Waals surface area contributed by atoms with Crippen molar-refractivity contribution in [3.63, 3.8) is 0 Å². The minimum atomic E-state index is -1.10. The Balaban J connectivity index is 2.94. The highest BCUT2D eigenvalue weighted by Gasteiger charge is 2.32. The molecule has 0 aliphatic carbocycles. The summed E-state index contributed by atoms with van der Waals surface area (Å²) in [5.41, 5.74) is -0.463. The van der Waals surface area contributed by atoms with E-state index >= 15 is 0 Å². The number of carboxylic acids is 1. The molecule has 1 rings (SSSR count). The van der Waals surface area contributed by atoms with E-state index in [1.165, 1.54) is 12.3 Å². The molecular formula is C12H14Cl2N2O3. The summed E-state index contributed by atoms with van der Waals surface area (Å²) < 4.78 is 0. The molecule has 1 amide bonds. The van der Waals surface area contributed by atoms with Crippen molar-refractivity contribution in [2.75, 3.05) is 0 Å². The summed E-state index contributed by atoms with van der Waals surface area (Å²) in [7, 11) is 0. The first-order chi connectivity index (χ1) is 8.62. The lowest BCUT2D eigenvalue weighted by Gasteiger charge is -2.27. The molecule has 0 radical (unpaired) electrons. The zero-order valence-electron chi connectivity index (χ0n) is 10.7. The fourth-order valence-electron chi connectivity index (χ4n) is 1.41. The van der Waals surface area contributed by atoms with Crippen molar-refractivity contribution in [2.24, 2.45) is 5.41 Å². The van der Waals surface area contributed by atoms with Crippen molar-refractivity contribution in [3.8, 4) is 0 Å². The van der Waals surface area contributed by atoms with Crippen LogP contribution in [0.15, 0.2) is 12.3 Å². The summed E-state index contributed by atoms with van der Waals surface area (Å²) >= 11 is 11.4. The molecule has 104 valence electrons. The van der Waals surface area contributed by atoms with E-state index < -0.39 is 23.3 Å². The van der Waals surface area contributed by atoms with Gasteiger partial charge in [0.2, 0.25) is 0 Å². The van der Waals surface area contributed by atoms with E-state index in [9.17, 15) is 9.59 Å². The zero-order chi connectivity index (χ0) is 14.8. The number of carbonyl (C=O) groups is 2. The molecule has 0 fully saturated rings. The van der Waals surface area contributed by atoms with E-state index in [0.29, 0.717) is 0 Å². The fraction of sp³-hybridized carbons (Fsp3) is 0.417. The van der Waals surface area contributed by atoms with Crippen LogP contribution in [0.5, 0.6) is 0 Å². The van der Waals surface area contributed by atoms with Crippen molar-refractivity contribution >= 4 is 35.1 Å². The molecular weight excluding hydrogens is 291 g/mol. The predicted molar refractivity (Wildman–Crippen MR) is 72.6 cm³/mol. The van der Waals surface area contributed by atoms with E-state index in [1.54, 1.807) is 20.8 Å². The van der Waals surface area contributed by atoms with Gasteiger partial charge in [-0.3, -0.25) is 4.79 Å². The van der Waals surface area contributed by atoms with Crippen LogP contribution < -0.4 is 5.32 Å². The third kappa shape index (κ3) is 4.08. The maximum Gasteiger partial charge on any atom is 0.326 e. The van der Waals surface area contributed by atoms with Crippen LogP contribution in [0.4, 0.5) is 0 Å². The minimum Gasteiger partial charge on any atom is -0.480 e. The van der Waals surface area contributed by atoms with Gasteiger partial charge in [0.1, 0.15) is 11.2 Å². The van der Waals surface area contributed by atoms with E-state index in [-0.39, 0.29) is 15.7 Å². The molecule has 0 bridgehead atoms. The van der Waals surface area contributed by atoms with Gasteiger partial charge in [-0.05, 0) is 11.5 Å². The SMILES string of the molecule is CC(C)(C)[C@H](NC(=O)c1cnc(Cl)c(Cl)c1)C(=O)O. The highest BCUT2D eigenvalue weighted by atomic mass is 35.5. The number of rotatable bonds is 3. The monoisotopic (exact) mass is 304 g/mol. The molecule has 0 aliphatic heterocycles. The number of aromatic nitrogens is 1. The molecule has 5 nitrogen and oxygen atoms in total. The second kappa shape index (κ2) is 5.75. The predicted octanol–water partition coefficient (Wildman–Crippen LogP) is 2.62. The van der Waals surface area contributed by atoms with Gasteiger partial charge in [-0.1, -0.05) is 44.0 Å². The van der Waals surface area contributed by atoms with Gasteiger partial charge in [0.25, 0.3) is 5.91 Å². The number of carboxylic acid groups (broad SMARTS) is 1. The maximum absolute atomic E-state index is 12.0. The Morgan fingerprint density at radius 2 is 1.95 bits per heavy atom. The highest BCUT2D eigenvalue weighted by molar-refractivity contribution is 6.41. The number of hydrogen-bond acceptors (Lipinski definition) is 3. The number of carbonyl (C=O) groups excluding carboxylic acids is 1. The van der Waals surface area contributed by atoms with Gasteiger partial charge in [0, 0.05) is 6.20 Å². The van der Waals surface area contributed by atoms with Crippen LogP contribution in [0.3, 0.4) is 0 Å². The van der Waals surface area contributed by atoms with Crippen LogP contribution in [-0.2, 0) is 4.79 Å². The molecule has 1 heterocycles. The number of pyridine rings is 1. The highest BCUT2D eigenvalue weighted by Crippen LogP contribution is 2.22. The number of aliphatic carboxylic acids is 1. The van der Waals surface area contributed by atoms with Crippen molar-refractivity contribution < 1.29 is 14.7 Å². The topological polar surface area (TPSA) is 79.3 Å². The van der Waals surface area contributed by atoms with Gasteiger partial charge in [-0.15, -0.1) is 0 Å². The standard InChI is InChI=1S/C12H14Cl2N2O3/c1-12(2,3)8(11(18)19)16-10(17)6-4-7(13)9(14)15-5-6/h4-5,8H,1-3H3,(H,16,17)(H,18,19)/t8-/m1/s1. The van der Waals surface area contributed by atoms with Crippen LogP contribution in [-0.4, -0.2) is 28.0 Å². The van der Waals surface area contributed by atoms with Crippen LogP contribution in [0, 0.1) is 5.41 Å². The van der Waals surface area contributed by atoms with Crippen LogP contribution in [0.25, 0.3) is 0 Å². The average Bonchev–Trinajstić information content (AvgIpc) is 2.27. The zero-order valence-corrected chi connectivity index (χ0v) is 12.2. The summed E-state index contributed by atoms with van der Waals surface area (Å²) in [5, 5.41) is 11.8. The molecule has 19 heavy (non-hydrogen) atoms. The lowest BCUT2D eigenvalue weighted by atomic mass is 9.86. The molecule has 0 aliphatic rings. The number of amides is 1. The van der Waals surface area contributed by atoms with Crippen LogP contribution in [0.1, 0.15) is 31.1 Å². The van der Waals surface area contributed by atoms with Gasteiger partial charge in [0.15, 0.2) is 0 Å². The smallest absolute Gasteiger partial charge is 0.326 e. The molecule has 0 aromatic carbocycles. The Morgan fingerprint density at radius 1 is 1.37 bits per heavy atom. The van der Waals surface area contributed by atoms with Crippen LogP contribution >= 0.6 is 23.2 Å². The van der Waals surface area contributed by atoms with Crippen molar-refractivity contribution in [1.29, 1.82) is 0 Å². The van der Waals surface area contributed by atoms with Gasteiger partial charge >= 0.3 is 5.97 Å². The fourth-order valence-corrected chi connectivity index (χ4v) is 1.68. The van der Waals surface area contributed by atoms with Gasteiger partial charge in [-0.25, -0.2) is 9.78 Å². The number of nitrogens with one attached hydrogen (secondary N) is 1. The normalized spacial score (nSPS) is 12.9. The molecule has 0 spiro atoms. The van der Waals surface area contributed by atoms with E-state index in [0.717, 1.165) is 0 Å². The first-order valence-electron chi connectivity index (χ1n) is 5.47.